The first kappa shape index (κ1) is 14.3. The molecule has 5 unspecified atom stereocenters. The lowest BCUT2D eigenvalue weighted by molar-refractivity contribution is -0.0904. The zero-order valence-electron chi connectivity index (χ0n) is 13.0. The standard InChI is InChI=1S/C16H31NO/c1-7-13(17-6)11(2)18-14-10-12-8-9-16(14,5)15(12,3)4/h11-14,17H,7-10H2,1-6H3. The maximum Gasteiger partial charge on any atom is 0.0703 e. The Kier molecular flexibility index (Phi) is 3.81. The second kappa shape index (κ2) is 4.79. The summed E-state index contributed by atoms with van der Waals surface area (Å²) in [5, 5.41) is 3.38. The van der Waals surface area contributed by atoms with E-state index in [1.54, 1.807) is 0 Å². The van der Waals surface area contributed by atoms with Gasteiger partial charge in [0.05, 0.1) is 12.2 Å². The van der Waals surface area contributed by atoms with Gasteiger partial charge in [-0.25, -0.2) is 0 Å². The van der Waals surface area contributed by atoms with Crippen molar-refractivity contribution in [1.82, 2.24) is 5.32 Å². The third kappa shape index (κ3) is 1.92. The summed E-state index contributed by atoms with van der Waals surface area (Å²) in [6, 6.07) is 0.482. The summed E-state index contributed by atoms with van der Waals surface area (Å²) in [5.41, 5.74) is 0.844. The number of hydrogen-bond acceptors (Lipinski definition) is 2. The third-order valence-electron chi connectivity index (χ3n) is 6.47. The van der Waals surface area contributed by atoms with E-state index in [1.807, 2.05) is 7.05 Å². The molecule has 0 amide bonds. The van der Waals surface area contributed by atoms with Gasteiger partial charge >= 0.3 is 0 Å². The molecule has 2 heteroatoms. The van der Waals surface area contributed by atoms with Crippen LogP contribution < -0.4 is 5.32 Å². The van der Waals surface area contributed by atoms with E-state index in [4.69, 9.17) is 4.74 Å². The summed E-state index contributed by atoms with van der Waals surface area (Å²) in [6.07, 6.45) is 5.93. The fourth-order valence-corrected chi connectivity index (χ4v) is 4.46. The van der Waals surface area contributed by atoms with E-state index >= 15 is 0 Å². The molecular weight excluding hydrogens is 222 g/mol. The first-order chi connectivity index (χ1) is 8.36. The van der Waals surface area contributed by atoms with Gasteiger partial charge in [0.15, 0.2) is 0 Å². The molecule has 2 fully saturated rings. The van der Waals surface area contributed by atoms with Crippen molar-refractivity contribution in [3.63, 3.8) is 0 Å². The average molecular weight is 253 g/mol. The van der Waals surface area contributed by atoms with Crippen molar-refractivity contribution in [3.8, 4) is 0 Å². The molecule has 2 aliphatic rings. The van der Waals surface area contributed by atoms with Crippen LogP contribution in [-0.4, -0.2) is 25.3 Å². The molecule has 2 nitrogen and oxygen atoms in total. The van der Waals surface area contributed by atoms with Crippen LogP contribution in [0.1, 0.15) is 60.3 Å². The molecule has 0 radical (unpaired) electrons. The van der Waals surface area contributed by atoms with Crippen LogP contribution in [0, 0.1) is 16.7 Å². The van der Waals surface area contributed by atoms with E-state index in [-0.39, 0.29) is 0 Å². The Morgan fingerprint density at radius 1 is 1.33 bits per heavy atom. The molecule has 0 aromatic carbocycles. The Balaban J connectivity index is 2.04. The summed E-state index contributed by atoms with van der Waals surface area (Å²) in [4.78, 5) is 0. The minimum atomic E-state index is 0.317. The summed E-state index contributed by atoms with van der Waals surface area (Å²) in [6.45, 7) is 11.8. The molecule has 18 heavy (non-hydrogen) atoms. The molecule has 0 heterocycles. The molecule has 0 aliphatic heterocycles. The predicted octanol–water partition coefficient (Wildman–Crippen LogP) is 3.60. The Labute approximate surface area is 113 Å². The molecule has 0 aromatic heterocycles. The van der Waals surface area contributed by atoms with Gasteiger partial charge in [0.25, 0.3) is 0 Å². The van der Waals surface area contributed by atoms with Gasteiger partial charge in [0, 0.05) is 6.04 Å². The van der Waals surface area contributed by atoms with Crippen LogP contribution in [0.5, 0.6) is 0 Å². The molecule has 0 spiro atoms. The van der Waals surface area contributed by atoms with Crippen LogP contribution in [0.4, 0.5) is 0 Å². The number of nitrogens with one attached hydrogen (secondary N) is 1. The van der Waals surface area contributed by atoms with Crippen LogP contribution in [0.15, 0.2) is 0 Å². The molecule has 0 aromatic rings. The van der Waals surface area contributed by atoms with E-state index < -0.39 is 0 Å². The lowest BCUT2D eigenvalue weighted by Crippen LogP contribution is -2.44. The molecule has 5 atom stereocenters. The number of rotatable bonds is 5. The third-order valence-corrected chi connectivity index (χ3v) is 6.47. The van der Waals surface area contributed by atoms with Crippen LogP contribution in [0.25, 0.3) is 0 Å². The van der Waals surface area contributed by atoms with Crippen LogP contribution in [0.2, 0.25) is 0 Å². The van der Waals surface area contributed by atoms with Gasteiger partial charge in [0.1, 0.15) is 0 Å². The van der Waals surface area contributed by atoms with Crippen LogP contribution >= 0.6 is 0 Å². The smallest absolute Gasteiger partial charge is 0.0703 e. The van der Waals surface area contributed by atoms with Gasteiger partial charge in [-0.2, -0.15) is 0 Å². The van der Waals surface area contributed by atoms with Gasteiger partial charge in [-0.05, 0) is 56.4 Å². The quantitative estimate of drug-likeness (QED) is 0.808. The van der Waals surface area contributed by atoms with E-state index in [0.717, 1.165) is 12.3 Å². The van der Waals surface area contributed by atoms with Crippen molar-refractivity contribution < 1.29 is 4.74 Å². The summed E-state index contributed by atoms with van der Waals surface area (Å²) >= 11 is 0. The van der Waals surface area contributed by atoms with Crippen molar-refractivity contribution in [1.29, 1.82) is 0 Å². The lowest BCUT2D eigenvalue weighted by atomic mass is 9.70. The largest absolute Gasteiger partial charge is 0.373 e. The Morgan fingerprint density at radius 3 is 2.39 bits per heavy atom. The van der Waals surface area contributed by atoms with Crippen molar-refractivity contribution >= 4 is 0 Å². The van der Waals surface area contributed by atoms with Gasteiger partial charge in [-0.15, -0.1) is 0 Å². The second-order valence-corrected chi connectivity index (χ2v) is 7.24. The Morgan fingerprint density at radius 2 is 2.00 bits per heavy atom. The fraction of sp³-hybridized carbons (Fsp3) is 1.00. The highest BCUT2D eigenvalue weighted by molar-refractivity contribution is 5.11. The first-order valence-corrected chi connectivity index (χ1v) is 7.69. The molecule has 1 N–H and O–H groups in total. The predicted molar refractivity (Wildman–Crippen MR) is 76.7 cm³/mol. The SMILES string of the molecule is CCC(NC)C(C)OC1CC2CCC1(C)C2(C)C. The summed E-state index contributed by atoms with van der Waals surface area (Å²) in [7, 11) is 2.04. The molecular formula is C16H31NO. The Hall–Kier alpha value is -0.0800. The summed E-state index contributed by atoms with van der Waals surface area (Å²) < 4.78 is 6.47. The van der Waals surface area contributed by atoms with Crippen molar-refractivity contribution in [3.05, 3.63) is 0 Å². The minimum Gasteiger partial charge on any atom is -0.373 e. The normalized spacial score (nSPS) is 41.0. The van der Waals surface area contributed by atoms with Gasteiger partial charge < -0.3 is 10.1 Å². The molecule has 0 saturated heterocycles. The maximum atomic E-state index is 6.47. The number of hydrogen-bond donors (Lipinski definition) is 1. The molecule has 2 aliphatic carbocycles. The average Bonchev–Trinajstić information content (AvgIpc) is 2.63. The molecule has 2 saturated carbocycles. The number of fused-ring (bicyclic) bond motifs is 2. The highest BCUT2D eigenvalue weighted by atomic mass is 16.5. The molecule has 2 bridgehead atoms. The lowest BCUT2D eigenvalue weighted by Gasteiger charge is -2.40. The monoisotopic (exact) mass is 253 g/mol. The topological polar surface area (TPSA) is 21.3 Å². The summed E-state index contributed by atoms with van der Waals surface area (Å²) in [5.74, 6) is 0.870. The van der Waals surface area contributed by atoms with Crippen LogP contribution in [-0.2, 0) is 4.74 Å². The number of ether oxygens (including phenoxy) is 1. The minimum absolute atomic E-state index is 0.317. The zero-order valence-corrected chi connectivity index (χ0v) is 13.0. The van der Waals surface area contributed by atoms with Crippen molar-refractivity contribution in [2.75, 3.05) is 7.05 Å². The maximum absolute atomic E-state index is 6.47. The highest BCUT2D eigenvalue weighted by Crippen LogP contribution is 2.66. The number of likely N-dealkylation sites (N-methyl/N-ethyl adjacent to an activating group) is 1. The van der Waals surface area contributed by atoms with Crippen LogP contribution in [0.3, 0.4) is 0 Å². The van der Waals surface area contributed by atoms with Gasteiger partial charge in [-0.3, -0.25) is 0 Å². The highest BCUT2D eigenvalue weighted by Gasteiger charge is 2.62. The van der Waals surface area contributed by atoms with Gasteiger partial charge in [-0.1, -0.05) is 27.7 Å². The van der Waals surface area contributed by atoms with E-state index in [9.17, 15) is 0 Å². The molecule has 2 rings (SSSR count). The van der Waals surface area contributed by atoms with Gasteiger partial charge in [0.2, 0.25) is 0 Å². The molecule has 106 valence electrons. The van der Waals surface area contributed by atoms with E-state index in [2.05, 4.69) is 39.9 Å². The second-order valence-electron chi connectivity index (χ2n) is 7.24. The van der Waals surface area contributed by atoms with E-state index in [0.29, 0.717) is 29.1 Å². The van der Waals surface area contributed by atoms with Crippen molar-refractivity contribution in [2.24, 2.45) is 16.7 Å². The first-order valence-electron chi connectivity index (χ1n) is 7.69. The zero-order chi connectivity index (χ0) is 13.6. The Bertz CT molecular complexity index is 297. The van der Waals surface area contributed by atoms with Crippen molar-refractivity contribution in [2.45, 2.75) is 78.6 Å². The fourth-order valence-electron chi connectivity index (χ4n) is 4.46. The van der Waals surface area contributed by atoms with E-state index in [1.165, 1.54) is 19.3 Å².